The molecule has 2 aromatic rings. The first-order valence-electron chi connectivity index (χ1n) is 12.6. The summed E-state index contributed by atoms with van der Waals surface area (Å²) in [6, 6.07) is 10.7. The van der Waals surface area contributed by atoms with E-state index in [0.29, 0.717) is 69.2 Å². The Hall–Kier alpha value is -3.63. The van der Waals surface area contributed by atoms with E-state index >= 15 is 4.39 Å². The van der Waals surface area contributed by atoms with Gasteiger partial charge in [0.2, 0.25) is 0 Å². The van der Waals surface area contributed by atoms with Crippen LogP contribution in [0.2, 0.25) is 0 Å². The van der Waals surface area contributed by atoms with Gasteiger partial charge in [-0.05, 0) is 42.5 Å². The second kappa shape index (κ2) is 12.5. The number of thiocarbonyl (C=S) groups is 1. The number of benzene rings is 2. The first-order valence-corrected chi connectivity index (χ1v) is 13.0. The van der Waals surface area contributed by atoms with E-state index in [1.807, 2.05) is 15.9 Å². The molecular formula is C26H30F4N8S. The maximum Gasteiger partial charge on any atom is 0.416 e. The molecule has 0 aliphatic carbocycles. The third kappa shape index (κ3) is 7.27. The Balaban J connectivity index is 1.52. The van der Waals surface area contributed by atoms with Crippen LogP contribution in [0.4, 0.5) is 34.6 Å². The number of piperazine rings is 2. The van der Waals surface area contributed by atoms with Crippen LogP contribution in [0.25, 0.3) is 0 Å². The molecule has 2 aliphatic rings. The lowest BCUT2D eigenvalue weighted by molar-refractivity contribution is -0.137. The summed E-state index contributed by atoms with van der Waals surface area (Å²) in [7, 11) is 0. The fourth-order valence-electron chi connectivity index (χ4n) is 4.86. The number of nitrogens with one attached hydrogen (secondary N) is 1. The minimum atomic E-state index is -4.41. The first kappa shape index (κ1) is 28.4. The predicted octanol–water partition coefficient (Wildman–Crippen LogP) is 3.37. The highest BCUT2D eigenvalue weighted by atomic mass is 32.1. The van der Waals surface area contributed by atoms with Gasteiger partial charge in [-0.1, -0.05) is 6.07 Å². The summed E-state index contributed by atoms with van der Waals surface area (Å²) in [5.74, 6) is -0.421. The molecule has 0 bridgehead atoms. The van der Waals surface area contributed by atoms with E-state index in [0.717, 1.165) is 30.9 Å². The Morgan fingerprint density at radius 1 is 1.00 bits per heavy atom. The molecule has 0 atom stereocenters. The predicted molar refractivity (Wildman–Crippen MR) is 149 cm³/mol. The van der Waals surface area contributed by atoms with Gasteiger partial charge in [0.15, 0.2) is 5.11 Å². The van der Waals surface area contributed by atoms with Gasteiger partial charge < -0.3 is 20.4 Å². The third-order valence-corrected chi connectivity index (χ3v) is 6.98. The maximum absolute atomic E-state index is 15.4. The quantitative estimate of drug-likeness (QED) is 0.230. The van der Waals surface area contributed by atoms with Crippen LogP contribution in [0.15, 0.2) is 41.5 Å². The van der Waals surface area contributed by atoms with Crippen LogP contribution in [-0.2, 0) is 6.18 Å². The fraction of sp³-hybridized carbons (Fsp3) is 0.423. The molecule has 2 aliphatic heterocycles. The van der Waals surface area contributed by atoms with Crippen molar-refractivity contribution in [3.8, 4) is 6.07 Å². The van der Waals surface area contributed by atoms with Crippen LogP contribution in [0.5, 0.6) is 0 Å². The number of rotatable bonds is 7. The van der Waals surface area contributed by atoms with Gasteiger partial charge in [0.25, 0.3) is 0 Å². The zero-order valence-electron chi connectivity index (χ0n) is 21.3. The molecule has 0 spiro atoms. The van der Waals surface area contributed by atoms with Crippen molar-refractivity contribution in [2.24, 2.45) is 10.8 Å². The van der Waals surface area contributed by atoms with Gasteiger partial charge in [0.1, 0.15) is 5.82 Å². The summed E-state index contributed by atoms with van der Waals surface area (Å²) in [5.41, 5.74) is 9.56. The van der Waals surface area contributed by atoms with Crippen molar-refractivity contribution in [1.82, 2.24) is 10.3 Å². The SMILES string of the molecule is N#CCCN1CCN(c2cc(N3CCN(c4cccc(C(F)(F)F)c4)CC3)c(F)cc2C=NNC(N)=S)CC1. The lowest BCUT2D eigenvalue weighted by atomic mass is 10.1. The molecule has 39 heavy (non-hydrogen) atoms. The number of nitrogens with two attached hydrogens (primary N) is 1. The van der Waals surface area contributed by atoms with E-state index in [2.05, 4.69) is 26.4 Å². The number of anilines is 3. The molecule has 0 radical (unpaired) electrons. The van der Waals surface area contributed by atoms with Gasteiger partial charge in [0.05, 0.1) is 23.5 Å². The van der Waals surface area contributed by atoms with Crippen LogP contribution in [-0.4, -0.2) is 75.1 Å². The summed E-state index contributed by atoms with van der Waals surface area (Å²) < 4.78 is 54.9. The van der Waals surface area contributed by atoms with Gasteiger partial charge in [-0.3, -0.25) is 10.3 Å². The smallest absolute Gasteiger partial charge is 0.375 e. The van der Waals surface area contributed by atoms with Crippen molar-refractivity contribution in [3.05, 3.63) is 53.3 Å². The average Bonchev–Trinajstić information content (AvgIpc) is 2.92. The summed E-state index contributed by atoms with van der Waals surface area (Å²) in [5, 5.41) is 12.9. The first-order chi connectivity index (χ1) is 18.7. The van der Waals surface area contributed by atoms with Gasteiger partial charge in [0, 0.05) is 82.3 Å². The van der Waals surface area contributed by atoms with Crippen molar-refractivity contribution in [1.29, 1.82) is 5.26 Å². The standard InChI is InChI=1S/C26H30F4N8S/c27-22-15-19(18-33-34-25(32)39)23(37-9-7-35(8-10-37)6-2-5-31)17-24(22)38-13-11-36(12-14-38)21-4-1-3-20(16-21)26(28,29)30/h1,3-4,15-18H,2,6-14H2,(H3,32,34,39). The van der Waals surface area contributed by atoms with Crippen LogP contribution < -0.4 is 25.9 Å². The summed E-state index contributed by atoms with van der Waals surface area (Å²) >= 11 is 4.79. The topological polar surface area (TPSA) is 87.2 Å². The van der Waals surface area contributed by atoms with Crippen molar-refractivity contribution in [3.63, 3.8) is 0 Å². The number of hydrogen-bond acceptors (Lipinski definition) is 7. The molecule has 0 amide bonds. The van der Waals surface area contributed by atoms with Gasteiger partial charge in [-0.2, -0.15) is 23.5 Å². The molecule has 13 heteroatoms. The minimum Gasteiger partial charge on any atom is -0.375 e. The van der Waals surface area contributed by atoms with Crippen LogP contribution in [0, 0.1) is 17.1 Å². The molecule has 4 rings (SSSR count). The zero-order chi connectivity index (χ0) is 28.0. The monoisotopic (exact) mass is 562 g/mol. The summed E-state index contributed by atoms with van der Waals surface area (Å²) in [4.78, 5) is 8.18. The normalized spacial score (nSPS) is 16.9. The van der Waals surface area contributed by atoms with Crippen molar-refractivity contribution < 1.29 is 17.6 Å². The molecular weight excluding hydrogens is 532 g/mol. The molecule has 208 valence electrons. The zero-order valence-corrected chi connectivity index (χ0v) is 22.1. The Bertz CT molecular complexity index is 1230. The van der Waals surface area contributed by atoms with Crippen molar-refractivity contribution in [2.75, 3.05) is 73.6 Å². The number of hydrazone groups is 1. The van der Waals surface area contributed by atoms with E-state index in [1.54, 1.807) is 6.07 Å². The van der Waals surface area contributed by atoms with E-state index in [-0.39, 0.29) is 5.11 Å². The minimum absolute atomic E-state index is 0.00496. The molecule has 8 nitrogen and oxygen atoms in total. The Labute approximate surface area is 230 Å². The van der Waals surface area contributed by atoms with E-state index < -0.39 is 17.6 Å². The van der Waals surface area contributed by atoms with Gasteiger partial charge in [-0.25, -0.2) is 4.39 Å². The van der Waals surface area contributed by atoms with Crippen molar-refractivity contribution >= 4 is 40.6 Å². The van der Waals surface area contributed by atoms with Crippen LogP contribution >= 0.6 is 12.2 Å². The summed E-state index contributed by atoms with van der Waals surface area (Å²) in [6.45, 7) is 5.45. The van der Waals surface area contributed by atoms with E-state index in [9.17, 15) is 13.2 Å². The highest BCUT2D eigenvalue weighted by Gasteiger charge is 2.31. The van der Waals surface area contributed by atoms with Crippen molar-refractivity contribution in [2.45, 2.75) is 12.6 Å². The number of alkyl halides is 3. The van der Waals surface area contributed by atoms with E-state index in [1.165, 1.54) is 18.3 Å². The Morgan fingerprint density at radius 3 is 2.28 bits per heavy atom. The summed E-state index contributed by atoms with van der Waals surface area (Å²) in [6.07, 6.45) is -2.46. The largest absolute Gasteiger partial charge is 0.416 e. The highest BCUT2D eigenvalue weighted by molar-refractivity contribution is 7.80. The lowest BCUT2D eigenvalue weighted by Crippen LogP contribution is -2.48. The fourth-order valence-corrected chi connectivity index (χ4v) is 4.91. The Morgan fingerprint density at radius 2 is 1.64 bits per heavy atom. The number of hydrogen-bond donors (Lipinski definition) is 2. The van der Waals surface area contributed by atoms with Gasteiger partial charge in [-0.15, -0.1) is 0 Å². The molecule has 2 saturated heterocycles. The molecule has 0 saturated carbocycles. The molecule has 2 aromatic carbocycles. The molecule has 2 fully saturated rings. The van der Waals surface area contributed by atoms with Gasteiger partial charge >= 0.3 is 6.18 Å². The lowest BCUT2D eigenvalue weighted by Gasteiger charge is -2.39. The van der Waals surface area contributed by atoms with E-state index in [4.69, 9.17) is 23.2 Å². The average molecular weight is 563 g/mol. The Kier molecular flexibility index (Phi) is 9.08. The second-order valence-electron chi connectivity index (χ2n) is 9.36. The third-order valence-electron chi connectivity index (χ3n) is 6.89. The molecule has 0 unspecified atom stereocenters. The van der Waals surface area contributed by atoms with Crippen LogP contribution in [0.3, 0.4) is 0 Å². The number of nitrogens with zero attached hydrogens (tertiary/aromatic N) is 6. The maximum atomic E-state index is 15.4. The molecule has 3 N–H and O–H groups in total. The second-order valence-corrected chi connectivity index (χ2v) is 9.80. The van der Waals surface area contributed by atoms with Crippen LogP contribution in [0.1, 0.15) is 17.5 Å². The highest BCUT2D eigenvalue weighted by Crippen LogP contribution is 2.34. The molecule has 2 heterocycles. The number of nitriles is 1. The number of halogens is 4. The molecule has 0 aromatic heterocycles.